The van der Waals surface area contributed by atoms with E-state index >= 15 is 8.78 Å². The second kappa shape index (κ2) is 13.9. The lowest BCUT2D eigenvalue weighted by Gasteiger charge is -2.35. The molecule has 2 aromatic heterocycles. The van der Waals surface area contributed by atoms with Crippen LogP contribution in [0.15, 0.2) is 60.8 Å². The van der Waals surface area contributed by atoms with E-state index in [0.717, 1.165) is 60.9 Å². The van der Waals surface area contributed by atoms with Gasteiger partial charge in [0.15, 0.2) is 0 Å². The Morgan fingerprint density at radius 2 is 1.61 bits per heavy atom. The van der Waals surface area contributed by atoms with Gasteiger partial charge in [0, 0.05) is 29.3 Å². The van der Waals surface area contributed by atoms with Crippen molar-refractivity contribution in [2.75, 3.05) is 13.7 Å². The minimum atomic E-state index is -3.26. The third kappa shape index (κ3) is 6.64. The number of hydrogen-bond donors (Lipinski definition) is 3. The summed E-state index contributed by atoms with van der Waals surface area (Å²) in [5, 5.41) is 2.70. The molecule has 1 unspecified atom stereocenters. The van der Waals surface area contributed by atoms with Gasteiger partial charge in [-0.2, -0.15) is 8.78 Å². The van der Waals surface area contributed by atoms with Gasteiger partial charge in [0.25, 0.3) is 5.92 Å². The zero-order valence-corrected chi connectivity index (χ0v) is 35.3. The normalized spacial score (nSPS) is 23.4. The molecule has 318 valence electrons. The summed E-state index contributed by atoms with van der Waals surface area (Å²) >= 11 is 0. The van der Waals surface area contributed by atoms with Gasteiger partial charge in [0.05, 0.1) is 42.1 Å². The molecule has 3 aliphatic carbocycles. The molecule has 3 N–H and O–H groups in total. The van der Waals surface area contributed by atoms with E-state index in [1.165, 1.54) is 13.2 Å². The van der Waals surface area contributed by atoms with Crippen LogP contribution in [-0.2, 0) is 20.2 Å². The highest BCUT2D eigenvalue weighted by atomic mass is 19.3. The molecule has 10 rings (SSSR count). The van der Waals surface area contributed by atoms with Gasteiger partial charge in [-0.05, 0) is 123 Å². The molecule has 61 heavy (non-hydrogen) atoms. The molecule has 2 saturated carbocycles. The molecule has 5 atom stereocenters. The molecule has 2 aliphatic heterocycles. The fourth-order valence-corrected chi connectivity index (χ4v) is 10.4. The van der Waals surface area contributed by atoms with Crippen LogP contribution in [0, 0.1) is 17.3 Å². The molecular weight excluding hydrogens is 781 g/mol. The van der Waals surface area contributed by atoms with Crippen LogP contribution < -0.4 is 5.32 Å². The van der Waals surface area contributed by atoms with E-state index in [0.29, 0.717) is 40.3 Å². The van der Waals surface area contributed by atoms with Gasteiger partial charge in [-0.3, -0.25) is 9.69 Å². The number of aromatic amines is 2. The summed E-state index contributed by atoms with van der Waals surface area (Å²) in [5.74, 6) is -2.03. The highest BCUT2D eigenvalue weighted by molar-refractivity contribution is 5.88. The predicted molar refractivity (Wildman–Crippen MR) is 224 cm³/mol. The highest BCUT2D eigenvalue weighted by Gasteiger charge is 2.55. The SMILES string of the molecule is COC(=O)N[C@H](C(=O)N1CC2(CC2)C[C@H]1c1ncc(-c2ccc3c(c2)C(F)(F)c2cc(-c4ccc5nc(C6[C@H]7CC[C@H](C7)N6C(=O)OC(C)(C)C)[nH]c5c4)ccc2-3)[nH]1)C(C)C. The average Bonchev–Trinajstić information content (AvgIpc) is 3.87. The van der Waals surface area contributed by atoms with E-state index in [4.69, 9.17) is 19.4 Å². The van der Waals surface area contributed by atoms with Crippen molar-refractivity contribution in [2.24, 2.45) is 17.3 Å². The van der Waals surface area contributed by atoms with Gasteiger partial charge in [0.2, 0.25) is 5.91 Å². The van der Waals surface area contributed by atoms with Crippen LogP contribution in [0.2, 0.25) is 0 Å². The number of nitrogens with zero attached hydrogens (tertiary/aromatic N) is 4. The number of hydrogen-bond acceptors (Lipinski definition) is 7. The Balaban J connectivity index is 0.901. The van der Waals surface area contributed by atoms with Crippen molar-refractivity contribution in [1.82, 2.24) is 35.1 Å². The van der Waals surface area contributed by atoms with E-state index < -0.39 is 23.7 Å². The van der Waals surface area contributed by atoms with E-state index in [1.807, 2.05) is 74.8 Å². The van der Waals surface area contributed by atoms with E-state index in [1.54, 1.807) is 24.4 Å². The summed E-state index contributed by atoms with van der Waals surface area (Å²) in [6, 6.07) is 14.9. The van der Waals surface area contributed by atoms with Gasteiger partial charge < -0.3 is 29.7 Å². The zero-order valence-electron chi connectivity index (χ0n) is 35.3. The molecule has 12 nitrogen and oxygen atoms in total. The lowest BCUT2D eigenvalue weighted by molar-refractivity contribution is -0.135. The van der Waals surface area contributed by atoms with Crippen LogP contribution in [0.3, 0.4) is 0 Å². The second-order valence-electron chi connectivity index (χ2n) is 19.2. The summed E-state index contributed by atoms with van der Waals surface area (Å²) in [7, 11) is 1.27. The molecule has 3 amide bonds. The first-order valence-corrected chi connectivity index (χ1v) is 21.4. The van der Waals surface area contributed by atoms with Crippen LogP contribution >= 0.6 is 0 Å². The Kier molecular flexibility index (Phi) is 8.95. The lowest BCUT2D eigenvalue weighted by Crippen LogP contribution is -2.51. The number of amides is 3. The first kappa shape index (κ1) is 39.4. The third-order valence-electron chi connectivity index (χ3n) is 13.7. The average molecular weight is 832 g/mol. The maximum absolute atomic E-state index is 16.6. The molecule has 14 heteroatoms. The molecule has 3 aromatic carbocycles. The van der Waals surface area contributed by atoms with Crippen LogP contribution in [0.1, 0.15) is 108 Å². The van der Waals surface area contributed by atoms with Crippen molar-refractivity contribution in [3.63, 3.8) is 0 Å². The molecule has 2 saturated heterocycles. The first-order valence-electron chi connectivity index (χ1n) is 21.4. The molecule has 0 radical (unpaired) electrons. The van der Waals surface area contributed by atoms with Crippen molar-refractivity contribution in [1.29, 1.82) is 0 Å². The van der Waals surface area contributed by atoms with Gasteiger partial charge in [-0.25, -0.2) is 19.6 Å². The second-order valence-corrected chi connectivity index (χ2v) is 19.2. The number of halogens is 2. The number of carbonyl (C=O) groups excluding carboxylic acids is 3. The van der Waals surface area contributed by atoms with Gasteiger partial charge >= 0.3 is 12.2 Å². The molecule has 5 aliphatic rings. The number of ether oxygens (including phenoxy) is 2. The quantitative estimate of drug-likeness (QED) is 0.148. The highest BCUT2D eigenvalue weighted by Crippen LogP contribution is 2.59. The minimum Gasteiger partial charge on any atom is -0.453 e. The topological polar surface area (TPSA) is 146 Å². The maximum Gasteiger partial charge on any atom is 0.411 e. The number of piperidine rings is 1. The van der Waals surface area contributed by atoms with E-state index in [-0.39, 0.29) is 58.5 Å². The van der Waals surface area contributed by atoms with Crippen molar-refractivity contribution in [3.05, 3.63) is 83.6 Å². The van der Waals surface area contributed by atoms with Crippen molar-refractivity contribution < 1.29 is 32.6 Å². The molecule has 4 heterocycles. The zero-order chi connectivity index (χ0) is 42.7. The number of alkyl carbamates (subject to hydrolysis) is 1. The fourth-order valence-electron chi connectivity index (χ4n) is 10.4. The fraction of sp³-hybridized carbons (Fsp3) is 0.468. The molecular formula is C47H51F2N7O5. The summed E-state index contributed by atoms with van der Waals surface area (Å²) < 4.78 is 43.8. The summed E-state index contributed by atoms with van der Waals surface area (Å²) in [4.78, 5) is 59.6. The minimum absolute atomic E-state index is 0.0215. The Bertz CT molecular complexity index is 2610. The first-order chi connectivity index (χ1) is 29.0. The number of benzene rings is 3. The number of H-pyrrole nitrogens is 2. The Morgan fingerprint density at radius 1 is 0.918 bits per heavy atom. The Hall–Kier alpha value is -5.79. The number of carbonyl (C=O) groups is 3. The number of aromatic nitrogens is 4. The standard InChI is InChI=1S/C47H51F2N7O5/c1-24(2)38(54-43(58)60-6)42(57)55-23-46(15-16-46)21-37(55)40-50-22-36(53-40)27-9-13-31-30-12-8-25(18-32(30)47(48,49)33(31)19-27)26-10-14-34-35(20-26)52-41(51-34)39-28-7-11-29(17-28)56(39)44(59)61-45(3,4)5/h8-10,12-14,18-20,22,24,28-29,37-39H,7,11,15-17,21,23H2,1-6H3,(H,50,53)(H,51,52)(H,54,58)/t28-,29+,37-,38-,39?/m0/s1. The van der Waals surface area contributed by atoms with Crippen LogP contribution in [-0.4, -0.2) is 79.2 Å². The number of nitrogens with one attached hydrogen (secondary N) is 3. The molecule has 5 aromatic rings. The van der Waals surface area contributed by atoms with Crippen LogP contribution in [0.5, 0.6) is 0 Å². The lowest BCUT2D eigenvalue weighted by atomic mass is 9.98. The number of methoxy groups -OCH3 is 1. The van der Waals surface area contributed by atoms with Crippen molar-refractivity contribution in [3.8, 4) is 33.5 Å². The van der Waals surface area contributed by atoms with Gasteiger partial charge in [0.1, 0.15) is 23.3 Å². The van der Waals surface area contributed by atoms with Crippen LogP contribution in [0.25, 0.3) is 44.5 Å². The number of likely N-dealkylation sites (tertiary alicyclic amines) is 2. The van der Waals surface area contributed by atoms with Gasteiger partial charge in [-0.1, -0.05) is 44.2 Å². The summed E-state index contributed by atoms with van der Waals surface area (Å²) in [6.07, 6.45) is 6.30. The monoisotopic (exact) mass is 831 g/mol. The van der Waals surface area contributed by atoms with Crippen molar-refractivity contribution >= 4 is 29.1 Å². The number of fused-ring (bicyclic) bond motifs is 6. The third-order valence-corrected chi connectivity index (χ3v) is 13.7. The smallest absolute Gasteiger partial charge is 0.411 e. The van der Waals surface area contributed by atoms with Gasteiger partial charge in [-0.15, -0.1) is 0 Å². The number of rotatable bonds is 7. The predicted octanol–water partition coefficient (Wildman–Crippen LogP) is 9.64. The Morgan fingerprint density at radius 3 is 2.30 bits per heavy atom. The van der Waals surface area contributed by atoms with E-state index in [9.17, 15) is 14.4 Å². The Labute approximate surface area is 352 Å². The van der Waals surface area contributed by atoms with Crippen molar-refractivity contribution in [2.45, 2.75) is 109 Å². The number of alkyl halides is 2. The molecule has 4 fully saturated rings. The van der Waals surface area contributed by atoms with Crippen LogP contribution in [0.4, 0.5) is 18.4 Å². The summed E-state index contributed by atoms with van der Waals surface area (Å²) in [6.45, 7) is 9.93. The van der Waals surface area contributed by atoms with E-state index in [2.05, 4.69) is 15.3 Å². The number of imidazole rings is 2. The summed E-state index contributed by atoms with van der Waals surface area (Å²) in [5.41, 5.74) is 4.32. The maximum atomic E-state index is 16.6. The molecule has 2 bridgehead atoms. The molecule has 1 spiro atoms. The largest absolute Gasteiger partial charge is 0.453 e.